The Morgan fingerprint density at radius 2 is 1.76 bits per heavy atom. The second kappa shape index (κ2) is 11.6. The monoisotopic (exact) mass is 501 g/mol. The van der Waals surface area contributed by atoms with Gasteiger partial charge in [0.25, 0.3) is 5.91 Å². The summed E-state index contributed by atoms with van der Waals surface area (Å²) >= 11 is 0. The molecule has 8 nitrogen and oxygen atoms in total. The Labute approximate surface area is 216 Å². The van der Waals surface area contributed by atoms with Crippen molar-refractivity contribution < 1.29 is 24.2 Å². The molecule has 0 unspecified atom stereocenters. The summed E-state index contributed by atoms with van der Waals surface area (Å²) in [6, 6.07) is 21.0. The summed E-state index contributed by atoms with van der Waals surface area (Å²) in [7, 11) is 0. The molecular weight excluding hydrogens is 470 g/mol. The van der Waals surface area contributed by atoms with Crippen LogP contribution in [0.4, 0.5) is 5.69 Å². The third-order valence-corrected chi connectivity index (χ3v) is 6.84. The smallest absolute Gasteiger partial charge is 0.255 e. The SMILES string of the molecule is O=C(C[C@@H]1CC[C@H]2[C@@H](COC[C@H](O)CN2C(=O)c2cccnc2)O1)Nc1ccc(-c2ccccc2)cc1. The average Bonchev–Trinajstić information content (AvgIpc) is 2.92. The molecule has 8 heteroatoms. The minimum Gasteiger partial charge on any atom is -0.389 e. The Hall–Kier alpha value is -3.59. The van der Waals surface area contributed by atoms with E-state index in [0.29, 0.717) is 18.4 Å². The number of pyridine rings is 1. The Morgan fingerprint density at radius 3 is 2.51 bits per heavy atom. The van der Waals surface area contributed by atoms with E-state index in [1.54, 1.807) is 23.2 Å². The minimum atomic E-state index is -0.779. The number of fused-ring (bicyclic) bond motifs is 1. The molecule has 0 saturated carbocycles. The van der Waals surface area contributed by atoms with Crippen molar-refractivity contribution in [2.24, 2.45) is 0 Å². The second-order valence-corrected chi connectivity index (χ2v) is 9.53. The second-order valence-electron chi connectivity index (χ2n) is 9.53. The average molecular weight is 502 g/mol. The maximum atomic E-state index is 13.3. The lowest BCUT2D eigenvalue weighted by Crippen LogP contribution is -2.57. The van der Waals surface area contributed by atoms with Gasteiger partial charge in [0, 0.05) is 24.6 Å². The first-order valence-corrected chi connectivity index (χ1v) is 12.6. The number of rotatable bonds is 5. The lowest BCUT2D eigenvalue weighted by atomic mass is 9.94. The molecule has 2 amide bonds. The summed E-state index contributed by atoms with van der Waals surface area (Å²) in [6.07, 6.45) is 3.18. The van der Waals surface area contributed by atoms with E-state index in [1.807, 2.05) is 54.6 Å². The highest BCUT2D eigenvalue weighted by Gasteiger charge is 2.40. The van der Waals surface area contributed by atoms with Gasteiger partial charge in [-0.1, -0.05) is 42.5 Å². The third kappa shape index (κ3) is 6.22. The number of aliphatic hydroxyl groups excluding tert-OH is 1. The molecule has 2 aromatic carbocycles. The highest BCUT2D eigenvalue weighted by atomic mass is 16.5. The zero-order valence-electron chi connectivity index (χ0n) is 20.5. The van der Waals surface area contributed by atoms with Gasteiger partial charge < -0.3 is 24.8 Å². The number of hydrogen-bond donors (Lipinski definition) is 2. The molecule has 1 aromatic heterocycles. The molecule has 2 fully saturated rings. The van der Waals surface area contributed by atoms with Crippen LogP contribution in [0, 0.1) is 0 Å². The van der Waals surface area contributed by atoms with E-state index >= 15 is 0 Å². The minimum absolute atomic E-state index is 0.119. The van der Waals surface area contributed by atoms with Gasteiger partial charge in [-0.2, -0.15) is 0 Å². The number of ether oxygens (including phenoxy) is 2. The van der Waals surface area contributed by atoms with Gasteiger partial charge in [0.15, 0.2) is 0 Å². The number of carbonyl (C=O) groups excluding carboxylic acids is 2. The van der Waals surface area contributed by atoms with E-state index in [0.717, 1.165) is 16.8 Å². The van der Waals surface area contributed by atoms with Crippen molar-refractivity contribution in [3.8, 4) is 11.1 Å². The van der Waals surface area contributed by atoms with Crippen molar-refractivity contribution in [1.29, 1.82) is 0 Å². The molecule has 0 aliphatic carbocycles. The summed E-state index contributed by atoms with van der Waals surface area (Å²) in [5, 5.41) is 13.3. The van der Waals surface area contributed by atoms with Crippen molar-refractivity contribution in [3.05, 3.63) is 84.7 Å². The Bertz CT molecular complexity index is 1190. The van der Waals surface area contributed by atoms with E-state index < -0.39 is 6.10 Å². The van der Waals surface area contributed by atoms with Crippen LogP contribution in [0.2, 0.25) is 0 Å². The molecule has 0 spiro atoms. The van der Waals surface area contributed by atoms with Crippen LogP contribution in [0.15, 0.2) is 79.1 Å². The number of anilines is 1. The van der Waals surface area contributed by atoms with Crippen molar-refractivity contribution in [3.63, 3.8) is 0 Å². The van der Waals surface area contributed by atoms with Gasteiger partial charge in [0.2, 0.25) is 5.91 Å². The van der Waals surface area contributed by atoms with Gasteiger partial charge >= 0.3 is 0 Å². The number of nitrogens with zero attached hydrogens (tertiary/aromatic N) is 2. The maximum absolute atomic E-state index is 13.3. The summed E-state index contributed by atoms with van der Waals surface area (Å²) in [5.74, 6) is -0.316. The lowest BCUT2D eigenvalue weighted by molar-refractivity contribution is -0.149. The molecule has 3 aromatic rings. The van der Waals surface area contributed by atoms with Crippen molar-refractivity contribution in [2.45, 2.75) is 43.6 Å². The number of carbonyl (C=O) groups is 2. The first-order valence-electron chi connectivity index (χ1n) is 12.6. The van der Waals surface area contributed by atoms with Crippen LogP contribution in [0.5, 0.6) is 0 Å². The Morgan fingerprint density at radius 1 is 0.973 bits per heavy atom. The summed E-state index contributed by atoms with van der Waals surface area (Å²) in [6.45, 7) is 0.521. The summed E-state index contributed by atoms with van der Waals surface area (Å²) < 4.78 is 11.9. The van der Waals surface area contributed by atoms with E-state index in [1.165, 1.54) is 6.20 Å². The van der Waals surface area contributed by atoms with Crippen LogP contribution in [-0.2, 0) is 14.3 Å². The molecule has 4 atom stereocenters. The molecule has 37 heavy (non-hydrogen) atoms. The molecule has 2 aliphatic rings. The van der Waals surface area contributed by atoms with E-state index in [-0.39, 0.29) is 56.2 Å². The highest BCUT2D eigenvalue weighted by Crippen LogP contribution is 2.29. The van der Waals surface area contributed by atoms with E-state index in [9.17, 15) is 14.7 Å². The highest BCUT2D eigenvalue weighted by molar-refractivity contribution is 5.94. The number of hydrogen-bond acceptors (Lipinski definition) is 6. The van der Waals surface area contributed by atoms with Crippen molar-refractivity contribution in [2.75, 3.05) is 25.1 Å². The maximum Gasteiger partial charge on any atom is 0.255 e. The molecule has 192 valence electrons. The van der Waals surface area contributed by atoms with Gasteiger partial charge in [0.1, 0.15) is 6.10 Å². The zero-order valence-corrected chi connectivity index (χ0v) is 20.5. The molecule has 0 bridgehead atoms. The standard InChI is InChI=1S/C29H31N3O5/c33-24-17-32(29(35)22-7-4-14-30-16-22)26-13-12-25(37-27(26)19-36-18-24)15-28(34)31-23-10-8-21(9-11-23)20-5-2-1-3-6-20/h1-11,14,16,24-27,33H,12-13,15,17-19H2,(H,31,34)/t24-,25+,26+,27-/m1/s1. The zero-order chi connectivity index (χ0) is 25.6. The van der Waals surface area contributed by atoms with Crippen LogP contribution in [0.25, 0.3) is 11.1 Å². The normalized spacial score (nSPS) is 23.9. The van der Waals surface area contributed by atoms with Crippen LogP contribution in [0.1, 0.15) is 29.6 Å². The number of β-amino-alcohol motifs (C(OH)–C–C–N with tert-alkyl or cyclic N) is 1. The largest absolute Gasteiger partial charge is 0.389 e. The molecule has 2 saturated heterocycles. The number of amides is 2. The fourth-order valence-electron chi connectivity index (χ4n) is 5.02. The van der Waals surface area contributed by atoms with E-state index in [2.05, 4.69) is 10.3 Å². The molecule has 2 aliphatic heterocycles. The predicted octanol–water partition coefficient (Wildman–Crippen LogP) is 3.53. The fraction of sp³-hybridized carbons (Fsp3) is 0.345. The quantitative estimate of drug-likeness (QED) is 0.555. The molecule has 5 rings (SSSR count). The fourth-order valence-corrected chi connectivity index (χ4v) is 5.02. The molecule has 0 radical (unpaired) electrons. The Balaban J connectivity index is 1.20. The summed E-state index contributed by atoms with van der Waals surface area (Å²) in [4.78, 5) is 31.8. The number of aromatic nitrogens is 1. The molecular formula is C29H31N3O5. The summed E-state index contributed by atoms with van der Waals surface area (Å²) in [5.41, 5.74) is 3.40. The topological polar surface area (TPSA) is 101 Å². The first kappa shape index (κ1) is 25.1. The first-order chi connectivity index (χ1) is 18.1. The van der Waals surface area contributed by atoms with E-state index in [4.69, 9.17) is 9.47 Å². The van der Waals surface area contributed by atoms with Gasteiger partial charge in [0.05, 0.1) is 43.4 Å². The Kier molecular flexibility index (Phi) is 7.89. The number of aliphatic hydroxyl groups is 1. The molecule has 2 N–H and O–H groups in total. The van der Waals surface area contributed by atoms with Crippen molar-refractivity contribution in [1.82, 2.24) is 9.88 Å². The predicted molar refractivity (Wildman–Crippen MR) is 139 cm³/mol. The van der Waals surface area contributed by atoms with Crippen LogP contribution in [-0.4, -0.2) is 70.9 Å². The van der Waals surface area contributed by atoms with Crippen LogP contribution < -0.4 is 5.32 Å². The van der Waals surface area contributed by atoms with Gasteiger partial charge in [-0.05, 0) is 48.2 Å². The lowest BCUT2D eigenvalue weighted by Gasteiger charge is -2.44. The van der Waals surface area contributed by atoms with Crippen molar-refractivity contribution >= 4 is 17.5 Å². The number of nitrogens with one attached hydrogen (secondary N) is 1. The number of benzene rings is 2. The van der Waals surface area contributed by atoms with Gasteiger partial charge in [-0.15, -0.1) is 0 Å². The van der Waals surface area contributed by atoms with Crippen LogP contribution >= 0.6 is 0 Å². The van der Waals surface area contributed by atoms with Gasteiger partial charge in [-0.25, -0.2) is 0 Å². The van der Waals surface area contributed by atoms with Crippen LogP contribution in [0.3, 0.4) is 0 Å². The molecule has 3 heterocycles. The third-order valence-electron chi connectivity index (χ3n) is 6.84. The van der Waals surface area contributed by atoms with Gasteiger partial charge in [-0.3, -0.25) is 14.6 Å².